The molecular formula is C24H28N2O3. The average molecular weight is 392 g/mol. The van der Waals surface area contributed by atoms with Crippen molar-refractivity contribution in [3.8, 4) is 0 Å². The summed E-state index contributed by atoms with van der Waals surface area (Å²) in [4.78, 5) is 20.1. The number of esters is 1. The predicted octanol–water partition coefficient (Wildman–Crippen LogP) is 4.49. The maximum atomic E-state index is 11.4. The Morgan fingerprint density at radius 1 is 1.00 bits per heavy atom. The van der Waals surface area contributed by atoms with Crippen LogP contribution in [0.2, 0.25) is 0 Å². The summed E-state index contributed by atoms with van der Waals surface area (Å²) in [6.07, 6.45) is 6.03. The topological polar surface area (TPSA) is 72.3 Å². The number of nitrogens with zero attached hydrogens (tertiary/aromatic N) is 2. The molecule has 0 spiro atoms. The predicted molar refractivity (Wildman–Crippen MR) is 114 cm³/mol. The fourth-order valence-electron chi connectivity index (χ4n) is 3.39. The summed E-state index contributed by atoms with van der Waals surface area (Å²) in [7, 11) is 0. The third-order valence-corrected chi connectivity index (χ3v) is 4.84. The number of allylic oxidation sites excluding steroid dienone is 2. The molecule has 5 heteroatoms. The highest BCUT2D eigenvalue weighted by molar-refractivity contribution is 5.87. The molecule has 0 unspecified atom stereocenters. The Labute approximate surface area is 172 Å². The van der Waals surface area contributed by atoms with Gasteiger partial charge in [-0.25, -0.2) is 9.78 Å². The zero-order valence-corrected chi connectivity index (χ0v) is 17.7. The van der Waals surface area contributed by atoms with Crippen LogP contribution in [0.1, 0.15) is 73.3 Å². The molecule has 0 saturated heterocycles. The van der Waals surface area contributed by atoms with E-state index >= 15 is 0 Å². The molecule has 0 atom stereocenters. The van der Waals surface area contributed by atoms with Gasteiger partial charge in [-0.05, 0) is 82.9 Å². The molecule has 5 nitrogen and oxygen atoms in total. The first kappa shape index (κ1) is 20.9. The van der Waals surface area contributed by atoms with Crippen molar-refractivity contribution in [2.24, 2.45) is 0 Å². The Balaban J connectivity index is 0.000000166. The third-order valence-electron chi connectivity index (χ3n) is 4.84. The molecule has 0 fully saturated rings. The van der Waals surface area contributed by atoms with Crippen molar-refractivity contribution in [1.82, 2.24) is 9.97 Å². The molecule has 29 heavy (non-hydrogen) atoms. The maximum absolute atomic E-state index is 11.4. The van der Waals surface area contributed by atoms with E-state index in [1.165, 1.54) is 22.3 Å². The van der Waals surface area contributed by atoms with Gasteiger partial charge in [0.15, 0.2) is 0 Å². The molecule has 1 N–H and O–H groups in total. The highest BCUT2D eigenvalue weighted by atomic mass is 16.5. The summed E-state index contributed by atoms with van der Waals surface area (Å²) >= 11 is 0. The van der Waals surface area contributed by atoms with Crippen molar-refractivity contribution < 1.29 is 14.6 Å². The summed E-state index contributed by atoms with van der Waals surface area (Å²) < 4.78 is 4.89. The van der Waals surface area contributed by atoms with Crippen LogP contribution in [-0.2, 0) is 23.2 Å². The molecule has 0 amide bonds. The summed E-state index contributed by atoms with van der Waals surface area (Å²) in [5, 5.41) is 9.80. The molecule has 2 aromatic heterocycles. The second-order valence-electron chi connectivity index (χ2n) is 8.10. The molecule has 2 aliphatic carbocycles. The lowest BCUT2D eigenvalue weighted by Gasteiger charge is -2.17. The van der Waals surface area contributed by atoms with Crippen LogP contribution in [0.15, 0.2) is 35.4 Å². The van der Waals surface area contributed by atoms with Crippen molar-refractivity contribution in [3.05, 3.63) is 69.3 Å². The number of hydrogen-bond acceptors (Lipinski definition) is 5. The number of fused-ring (bicyclic) bond motifs is 2. The fourth-order valence-corrected chi connectivity index (χ4v) is 3.39. The lowest BCUT2D eigenvalue weighted by Crippen LogP contribution is -2.17. The van der Waals surface area contributed by atoms with Crippen molar-refractivity contribution in [3.63, 3.8) is 0 Å². The van der Waals surface area contributed by atoms with Crippen LogP contribution in [0.4, 0.5) is 0 Å². The molecule has 2 heterocycles. The van der Waals surface area contributed by atoms with Gasteiger partial charge in [0.2, 0.25) is 0 Å². The normalized spacial score (nSPS) is 14.3. The van der Waals surface area contributed by atoms with Gasteiger partial charge in [0.25, 0.3) is 0 Å². The largest absolute Gasteiger partial charge is 0.461 e. The van der Waals surface area contributed by atoms with Gasteiger partial charge in [-0.3, -0.25) is 4.98 Å². The van der Waals surface area contributed by atoms with E-state index in [0.717, 1.165) is 29.9 Å². The molecule has 2 aliphatic rings. The second-order valence-corrected chi connectivity index (χ2v) is 8.10. The van der Waals surface area contributed by atoms with E-state index in [1.54, 1.807) is 26.8 Å². The van der Waals surface area contributed by atoms with Crippen molar-refractivity contribution in [2.75, 3.05) is 6.61 Å². The van der Waals surface area contributed by atoms with Gasteiger partial charge in [-0.1, -0.05) is 23.3 Å². The van der Waals surface area contributed by atoms with Gasteiger partial charge in [0.05, 0.1) is 23.7 Å². The summed E-state index contributed by atoms with van der Waals surface area (Å²) in [6, 6.07) is 7.64. The molecule has 0 bridgehead atoms. The highest BCUT2D eigenvalue weighted by Crippen LogP contribution is 2.26. The molecule has 0 radical (unpaired) electrons. The first-order valence-electron chi connectivity index (χ1n) is 9.91. The Morgan fingerprint density at radius 2 is 1.55 bits per heavy atom. The molecule has 4 rings (SSSR count). The molecular weight excluding hydrogens is 364 g/mol. The van der Waals surface area contributed by atoms with Crippen LogP contribution >= 0.6 is 0 Å². The van der Waals surface area contributed by atoms with Crippen molar-refractivity contribution in [2.45, 2.75) is 53.1 Å². The van der Waals surface area contributed by atoms with Gasteiger partial charge in [0, 0.05) is 0 Å². The zero-order chi connectivity index (χ0) is 21.2. The van der Waals surface area contributed by atoms with E-state index < -0.39 is 5.60 Å². The maximum Gasteiger partial charge on any atom is 0.356 e. The minimum Gasteiger partial charge on any atom is -0.461 e. The number of aromatic nitrogens is 2. The molecule has 152 valence electrons. The van der Waals surface area contributed by atoms with Crippen LogP contribution in [0.3, 0.4) is 0 Å². The summed E-state index contributed by atoms with van der Waals surface area (Å²) in [5.74, 6) is -0.349. The number of hydrogen-bond donors (Lipinski definition) is 1. The lowest BCUT2D eigenvalue weighted by molar-refractivity contribution is 0.0519. The molecule has 2 aromatic rings. The molecule has 0 aromatic carbocycles. The Hall–Kier alpha value is -2.79. The van der Waals surface area contributed by atoms with Crippen LogP contribution in [0.25, 0.3) is 12.2 Å². The molecule has 0 aliphatic heterocycles. The quantitative estimate of drug-likeness (QED) is 0.780. The van der Waals surface area contributed by atoms with Gasteiger partial charge in [0.1, 0.15) is 11.3 Å². The summed E-state index contributed by atoms with van der Waals surface area (Å²) in [6.45, 7) is 9.85. The van der Waals surface area contributed by atoms with Crippen LogP contribution < -0.4 is 0 Å². The van der Waals surface area contributed by atoms with Crippen LogP contribution in [-0.4, -0.2) is 27.7 Å². The molecule has 0 saturated carbocycles. The second kappa shape index (κ2) is 8.29. The summed E-state index contributed by atoms with van der Waals surface area (Å²) in [5.41, 5.74) is 7.25. The van der Waals surface area contributed by atoms with E-state index in [9.17, 15) is 9.90 Å². The number of ether oxygens (including phenoxy) is 1. The van der Waals surface area contributed by atoms with Crippen molar-refractivity contribution >= 4 is 18.1 Å². The number of aliphatic hydroxyl groups is 1. The van der Waals surface area contributed by atoms with E-state index in [1.807, 2.05) is 18.2 Å². The van der Waals surface area contributed by atoms with Gasteiger partial charge in [-0.15, -0.1) is 0 Å². The minimum atomic E-state index is -0.848. The number of carbonyl (C=O) groups is 1. The standard InChI is InChI=1S/C12H13NO2.C12H15NO/c1-3-15-12(14)10-5-4-9-6-8(2)7-11(9)13-10;1-8-6-9-4-5-11(12(2,3)14)13-10(9)7-8/h4-5,7H,3,6H2,1-2H3;4-5,7,14H,6H2,1-3H3. The fraction of sp³-hybridized carbons (Fsp3) is 0.375. The SMILES string of the molecule is CC1=Cc2nc(C(C)(C)O)ccc2C1.CCOC(=O)c1ccc2c(n1)C=C(C)C2. The minimum absolute atomic E-state index is 0.349. The zero-order valence-electron chi connectivity index (χ0n) is 17.7. The number of pyridine rings is 2. The monoisotopic (exact) mass is 392 g/mol. The van der Waals surface area contributed by atoms with Gasteiger partial charge < -0.3 is 9.84 Å². The van der Waals surface area contributed by atoms with Crippen LogP contribution in [0.5, 0.6) is 0 Å². The smallest absolute Gasteiger partial charge is 0.356 e. The Morgan fingerprint density at radius 3 is 2.10 bits per heavy atom. The van der Waals surface area contributed by atoms with Gasteiger partial charge >= 0.3 is 5.97 Å². The van der Waals surface area contributed by atoms with Gasteiger partial charge in [-0.2, -0.15) is 0 Å². The van der Waals surface area contributed by atoms with Crippen LogP contribution in [0, 0.1) is 0 Å². The van der Waals surface area contributed by atoms with Crippen molar-refractivity contribution in [1.29, 1.82) is 0 Å². The first-order chi connectivity index (χ1) is 13.7. The van der Waals surface area contributed by atoms with E-state index in [-0.39, 0.29) is 5.97 Å². The average Bonchev–Trinajstić information content (AvgIpc) is 3.20. The lowest BCUT2D eigenvalue weighted by atomic mass is 10.0. The third kappa shape index (κ3) is 4.98. The van der Waals surface area contributed by atoms with E-state index in [4.69, 9.17) is 4.74 Å². The van der Waals surface area contributed by atoms with E-state index in [0.29, 0.717) is 12.3 Å². The number of rotatable bonds is 3. The first-order valence-corrected chi connectivity index (χ1v) is 9.91. The Kier molecular flexibility index (Phi) is 5.99. The van der Waals surface area contributed by atoms with E-state index in [2.05, 4.69) is 36.0 Å². The number of carbonyl (C=O) groups excluding carboxylic acids is 1. The highest BCUT2D eigenvalue weighted by Gasteiger charge is 2.20. The Bertz CT molecular complexity index is 998.